The number of amides is 1. The number of hydrogen-bond acceptors (Lipinski definition) is 5. The molecule has 7 nitrogen and oxygen atoms in total. The van der Waals surface area contributed by atoms with Crippen LogP contribution in [0, 0.1) is 5.92 Å². The Morgan fingerprint density at radius 1 is 1.17 bits per heavy atom. The summed E-state index contributed by atoms with van der Waals surface area (Å²) in [5.74, 6) is 0.665. The van der Waals surface area contributed by atoms with Gasteiger partial charge in [-0.15, -0.1) is 0 Å². The summed E-state index contributed by atoms with van der Waals surface area (Å²) < 4.78 is 7.52. The molecule has 0 saturated carbocycles. The number of aryl methyl sites for hydroxylation is 1. The van der Waals surface area contributed by atoms with Crippen molar-refractivity contribution in [1.82, 2.24) is 24.6 Å². The molecule has 0 unspecified atom stereocenters. The number of morpholine rings is 1. The molecule has 156 valence electrons. The van der Waals surface area contributed by atoms with Crippen LogP contribution in [0.2, 0.25) is 0 Å². The average Bonchev–Trinajstić information content (AvgIpc) is 3.11. The van der Waals surface area contributed by atoms with Crippen molar-refractivity contribution in [3.8, 4) is 0 Å². The minimum atomic E-state index is 0.0543. The van der Waals surface area contributed by atoms with E-state index < -0.39 is 0 Å². The molecule has 0 aromatic carbocycles. The highest BCUT2D eigenvalue weighted by Crippen LogP contribution is 2.26. The zero-order valence-corrected chi connectivity index (χ0v) is 17.5. The van der Waals surface area contributed by atoms with E-state index >= 15 is 0 Å². The molecule has 2 aromatic rings. The summed E-state index contributed by atoms with van der Waals surface area (Å²) in [4.78, 5) is 21.7. The van der Waals surface area contributed by atoms with Crippen LogP contribution in [0.3, 0.4) is 0 Å². The van der Waals surface area contributed by atoms with Gasteiger partial charge in [0, 0.05) is 69.3 Å². The first-order valence-electron chi connectivity index (χ1n) is 10.7. The highest BCUT2D eigenvalue weighted by atomic mass is 16.5. The van der Waals surface area contributed by atoms with E-state index in [4.69, 9.17) is 9.84 Å². The fourth-order valence-electron chi connectivity index (χ4n) is 4.08. The van der Waals surface area contributed by atoms with Crippen LogP contribution in [-0.2, 0) is 30.8 Å². The Bertz CT molecular complexity index is 827. The van der Waals surface area contributed by atoms with Crippen molar-refractivity contribution in [1.29, 1.82) is 0 Å². The van der Waals surface area contributed by atoms with Crippen LogP contribution in [-0.4, -0.2) is 63.3 Å². The number of pyridine rings is 1. The molecule has 0 radical (unpaired) electrons. The van der Waals surface area contributed by atoms with Crippen LogP contribution in [0.4, 0.5) is 0 Å². The molecule has 7 heteroatoms. The van der Waals surface area contributed by atoms with Gasteiger partial charge in [-0.25, -0.2) is 0 Å². The Morgan fingerprint density at radius 2 is 1.93 bits per heavy atom. The summed E-state index contributed by atoms with van der Waals surface area (Å²) in [6.07, 6.45) is 5.67. The van der Waals surface area contributed by atoms with Crippen LogP contribution < -0.4 is 0 Å². The summed E-state index contributed by atoms with van der Waals surface area (Å²) in [6.45, 7) is 10.5. The lowest BCUT2D eigenvalue weighted by molar-refractivity contribution is 0.0297. The lowest BCUT2D eigenvalue weighted by Crippen LogP contribution is -2.41. The summed E-state index contributed by atoms with van der Waals surface area (Å²) in [5.41, 5.74) is 4.25. The van der Waals surface area contributed by atoms with Gasteiger partial charge in [-0.1, -0.05) is 13.8 Å². The molecule has 0 spiro atoms. The predicted octanol–water partition coefficient (Wildman–Crippen LogP) is 2.35. The molecule has 2 aliphatic heterocycles. The zero-order chi connectivity index (χ0) is 20.2. The SMILES string of the molecule is CC(C)CCn1nc(C(=O)N2CCOCC2)c2c1CCN(Cc1ccncc1)C2. The maximum absolute atomic E-state index is 13.3. The Balaban J connectivity index is 1.58. The van der Waals surface area contributed by atoms with Gasteiger partial charge in [0.25, 0.3) is 5.91 Å². The molecule has 29 heavy (non-hydrogen) atoms. The first-order chi connectivity index (χ1) is 14.1. The van der Waals surface area contributed by atoms with Crippen molar-refractivity contribution in [3.63, 3.8) is 0 Å². The molecule has 4 heterocycles. The molecular formula is C22H31N5O2. The van der Waals surface area contributed by atoms with Gasteiger partial charge in [-0.2, -0.15) is 5.10 Å². The molecular weight excluding hydrogens is 366 g/mol. The highest BCUT2D eigenvalue weighted by Gasteiger charge is 2.31. The van der Waals surface area contributed by atoms with Gasteiger partial charge in [-0.05, 0) is 30.0 Å². The molecule has 0 N–H and O–H groups in total. The van der Waals surface area contributed by atoms with E-state index in [1.165, 1.54) is 11.3 Å². The normalized spacial score (nSPS) is 17.6. The summed E-state index contributed by atoms with van der Waals surface area (Å²) in [5, 5.41) is 4.83. The highest BCUT2D eigenvalue weighted by molar-refractivity contribution is 5.94. The number of rotatable bonds is 6. The first-order valence-corrected chi connectivity index (χ1v) is 10.7. The lowest BCUT2D eigenvalue weighted by atomic mass is 10.0. The third-order valence-corrected chi connectivity index (χ3v) is 5.79. The largest absolute Gasteiger partial charge is 0.378 e. The molecule has 4 rings (SSSR count). The molecule has 1 saturated heterocycles. The Labute approximate surface area is 172 Å². The standard InChI is InChI=1S/C22H31N5O2/c1-17(2)5-10-27-20-6-9-25(15-18-3-7-23-8-4-18)16-19(20)21(24-27)22(28)26-11-13-29-14-12-26/h3-4,7-8,17H,5-6,9-16H2,1-2H3. The second-order valence-corrected chi connectivity index (χ2v) is 8.40. The van der Waals surface area contributed by atoms with E-state index in [9.17, 15) is 4.79 Å². The fourth-order valence-corrected chi connectivity index (χ4v) is 4.08. The topological polar surface area (TPSA) is 63.5 Å². The minimum absolute atomic E-state index is 0.0543. The van der Waals surface area contributed by atoms with Gasteiger partial charge < -0.3 is 9.64 Å². The number of carbonyl (C=O) groups excluding carboxylic acids is 1. The van der Waals surface area contributed by atoms with Crippen LogP contribution in [0.1, 0.15) is 47.6 Å². The van der Waals surface area contributed by atoms with Gasteiger partial charge in [0.2, 0.25) is 0 Å². The molecule has 0 atom stereocenters. The number of fused-ring (bicyclic) bond motifs is 1. The zero-order valence-electron chi connectivity index (χ0n) is 17.5. The number of carbonyl (C=O) groups is 1. The third kappa shape index (κ3) is 4.67. The van der Waals surface area contributed by atoms with Gasteiger partial charge >= 0.3 is 0 Å². The van der Waals surface area contributed by atoms with Gasteiger partial charge in [0.1, 0.15) is 0 Å². The molecule has 1 amide bonds. The van der Waals surface area contributed by atoms with Crippen LogP contribution in [0.25, 0.3) is 0 Å². The molecule has 1 fully saturated rings. The average molecular weight is 398 g/mol. The van der Waals surface area contributed by atoms with Crippen LogP contribution in [0.15, 0.2) is 24.5 Å². The van der Waals surface area contributed by atoms with E-state index in [1.54, 1.807) is 0 Å². The van der Waals surface area contributed by atoms with Gasteiger partial charge in [-0.3, -0.25) is 19.4 Å². The van der Waals surface area contributed by atoms with Gasteiger partial charge in [0.15, 0.2) is 5.69 Å². The number of hydrogen-bond donors (Lipinski definition) is 0. The molecule has 0 bridgehead atoms. The van der Waals surface area contributed by atoms with E-state index in [1.807, 2.05) is 17.3 Å². The van der Waals surface area contributed by atoms with E-state index in [2.05, 4.69) is 40.5 Å². The summed E-state index contributed by atoms with van der Waals surface area (Å²) in [7, 11) is 0. The number of aromatic nitrogens is 3. The molecule has 2 aliphatic rings. The lowest BCUT2D eigenvalue weighted by Gasteiger charge is -2.29. The molecule has 0 aliphatic carbocycles. The van der Waals surface area contributed by atoms with Crippen molar-refractivity contribution in [3.05, 3.63) is 47.0 Å². The van der Waals surface area contributed by atoms with Crippen molar-refractivity contribution >= 4 is 5.91 Å². The Hall–Kier alpha value is -2.25. The van der Waals surface area contributed by atoms with Crippen LogP contribution in [0.5, 0.6) is 0 Å². The second-order valence-electron chi connectivity index (χ2n) is 8.40. The quantitative estimate of drug-likeness (QED) is 0.749. The first kappa shape index (κ1) is 20.0. The van der Waals surface area contributed by atoms with E-state index in [0.29, 0.717) is 37.9 Å². The number of ether oxygens (including phenoxy) is 1. The van der Waals surface area contributed by atoms with Crippen molar-refractivity contribution in [2.75, 3.05) is 32.8 Å². The minimum Gasteiger partial charge on any atom is -0.378 e. The maximum Gasteiger partial charge on any atom is 0.274 e. The monoisotopic (exact) mass is 397 g/mol. The predicted molar refractivity (Wildman–Crippen MR) is 110 cm³/mol. The summed E-state index contributed by atoms with van der Waals surface area (Å²) >= 11 is 0. The fraction of sp³-hybridized carbons (Fsp3) is 0.591. The second kappa shape index (κ2) is 9.05. The number of nitrogens with zero attached hydrogens (tertiary/aromatic N) is 5. The smallest absolute Gasteiger partial charge is 0.274 e. The van der Waals surface area contributed by atoms with Crippen molar-refractivity contribution < 1.29 is 9.53 Å². The Kier molecular flexibility index (Phi) is 6.25. The van der Waals surface area contributed by atoms with Crippen molar-refractivity contribution in [2.24, 2.45) is 5.92 Å². The summed E-state index contributed by atoms with van der Waals surface area (Å²) in [6, 6.07) is 4.11. The third-order valence-electron chi connectivity index (χ3n) is 5.79. The van der Waals surface area contributed by atoms with E-state index in [0.717, 1.165) is 44.6 Å². The van der Waals surface area contributed by atoms with Gasteiger partial charge in [0.05, 0.1) is 13.2 Å². The maximum atomic E-state index is 13.3. The Morgan fingerprint density at radius 3 is 2.66 bits per heavy atom. The molecule has 2 aromatic heterocycles. The van der Waals surface area contributed by atoms with Crippen LogP contribution >= 0.6 is 0 Å². The van der Waals surface area contributed by atoms with E-state index in [-0.39, 0.29) is 5.91 Å². The van der Waals surface area contributed by atoms with Crippen molar-refractivity contribution in [2.45, 2.75) is 46.3 Å².